The zero-order valence-electron chi connectivity index (χ0n) is 12.7. The van der Waals surface area contributed by atoms with Crippen LogP contribution in [0.4, 0.5) is 0 Å². The van der Waals surface area contributed by atoms with Gasteiger partial charge in [-0.1, -0.05) is 55.7 Å². The highest BCUT2D eigenvalue weighted by atomic mass is 28.3. The average Bonchev–Trinajstić information content (AvgIpc) is 2.77. The number of benzene rings is 1. The second-order valence-electron chi connectivity index (χ2n) is 6.36. The predicted octanol–water partition coefficient (Wildman–Crippen LogP) is 2.42. The van der Waals surface area contributed by atoms with Crippen molar-refractivity contribution in [3.05, 3.63) is 47.2 Å². The lowest BCUT2D eigenvalue weighted by atomic mass is 10.2. The van der Waals surface area contributed by atoms with E-state index >= 15 is 0 Å². The summed E-state index contributed by atoms with van der Waals surface area (Å²) in [5, 5.41) is 2.70. The summed E-state index contributed by atoms with van der Waals surface area (Å²) in [6.07, 6.45) is 0.427. The Kier molecular flexibility index (Phi) is 4.62. The lowest BCUT2D eigenvalue weighted by Gasteiger charge is -2.10. The van der Waals surface area contributed by atoms with Crippen molar-refractivity contribution in [2.24, 2.45) is 0 Å². The molecule has 2 rings (SSSR count). The van der Waals surface area contributed by atoms with E-state index in [1.807, 2.05) is 36.0 Å². The molecule has 4 nitrogen and oxygen atoms in total. The maximum atomic E-state index is 12.0. The molecule has 112 valence electrons. The van der Waals surface area contributed by atoms with Crippen molar-refractivity contribution < 1.29 is 14.3 Å². The molecule has 5 heteroatoms. The summed E-state index contributed by atoms with van der Waals surface area (Å²) in [5.74, 6) is -0.509. The highest BCUT2D eigenvalue weighted by Gasteiger charge is 2.33. The summed E-state index contributed by atoms with van der Waals surface area (Å²) in [5.41, 5.74) is 3.70. The molecular formula is C16H21NO3Si. The number of hydrogen-bond acceptors (Lipinski definition) is 3. The lowest BCUT2D eigenvalue weighted by molar-refractivity contribution is -0.147. The van der Waals surface area contributed by atoms with Crippen molar-refractivity contribution in [3.8, 4) is 0 Å². The van der Waals surface area contributed by atoms with E-state index in [1.54, 1.807) is 0 Å². The van der Waals surface area contributed by atoms with Gasteiger partial charge in [0, 0.05) is 12.0 Å². The number of carbonyl (C=O) groups excluding carboxylic acids is 2. The molecular weight excluding hydrogens is 282 g/mol. The molecule has 1 N–H and O–H groups in total. The van der Waals surface area contributed by atoms with E-state index < -0.39 is 14.1 Å². The van der Waals surface area contributed by atoms with Gasteiger partial charge < -0.3 is 10.1 Å². The van der Waals surface area contributed by atoms with Crippen molar-refractivity contribution in [2.75, 3.05) is 0 Å². The molecule has 0 saturated carbocycles. The maximum Gasteiger partial charge on any atom is 0.329 e. The van der Waals surface area contributed by atoms with Crippen molar-refractivity contribution in [1.82, 2.24) is 5.32 Å². The van der Waals surface area contributed by atoms with Crippen LogP contribution < -0.4 is 5.32 Å². The van der Waals surface area contributed by atoms with Gasteiger partial charge in [0.15, 0.2) is 0 Å². The molecule has 1 aromatic rings. The summed E-state index contributed by atoms with van der Waals surface area (Å²) < 4.78 is 5.27. The largest absolute Gasteiger partial charge is 0.459 e. The third-order valence-corrected chi connectivity index (χ3v) is 4.35. The normalized spacial score (nSPS) is 20.4. The second-order valence-corrected chi connectivity index (χ2v) is 11.4. The monoisotopic (exact) mass is 303 g/mol. The van der Waals surface area contributed by atoms with Crippen molar-refractivity contribution in [3.63, 3.8) is 0 Å². The molecule has 1 fully saturated rings. The Bertz CT molecular complexity index is 561. The molecule has 1 aromatic carbocycles. The number of esters is 1. The zero-order chi connectivity index (χ0) is 15.5. The Morgan fingerprint density at radius 3 is 2.62 bits per heavy atom. The van der Waals surface area contributed by atoms with Gasteiger partial charge in [-0.25, -0.2) is 4.79 Å². The molecule has 1 aliphatic rings. The van der Waals surface area contributed by atoms with Crippen LogP contribution in [0.15, 0.2) is 41.6 Å². The van der Waals surface area contributed by atoms with E-state index in [1.165, 1.54) is 0 Å². The Morgan fingerprint density at radius 2 is 2.00 bits per heavy atom. The molecule has 1 unspecified atom stereocenters. The van der Waals surface area contributed by atoms with Gasteiger partial charge in [-0.05, 0) is 5.56 Å². The minimum atomic E-state index is -1.47. The highest BCUT2D eigenvalue weighted by molar-refractivity contribution is 6.81. The van der Waals surface area contributed by atoms with Crippen LogP contribution in [0.2, 0.25) is 19.6 Å². The molecule has 0 bridgehead atoms. The van der Waals surface area contributed by atoms with Gasteiger partial charge in [-0.15, -0.1) is 0 Å². The molecule has 1 amide bonds. The number of ether oxygens (including phenoxy) is 1. The van der Waals surface area contributed by atoms with Crippen LogP contribution in [-0.4, -0.2) is 26.0 Å². The Hall–Kier alpha value is -1.88. The standard InChI is InChI=1S/C16H21NO3Si/c1-21(2,3)11-13-9-14(17-15(13)18)16(19)20-10-12-7-5-4-6-8-12/h4-8,11,14H,9-10H2,1-3H3,(H,17,18)/b13-11-. The van der Waals surface area contributed by atoms with Gasteiger partial charge in [0.2, 0.25) is 5.91 Å². The van der Waals surface area contributed by atoms with Crippen LogP contribution in [0.1, 0.15) is 12.0 Å². The first kappa shape index (κ1) is 15.5. The van der Waals surface area contributed by atoms with Crippen LogP contribution in [0, 0.1) is 0 Å². The molecule has 0 aliphatic carbocycles. The van der Waals surface area contributed by atoms with E-state index in [-0.39, 0.29) is 18.5 Å². The van der Waals surface area contributed by atoms with Crippen LogP contribution >= 0.6 is 0 Å². The fourth-order valence-corrected chi connectivity index (χ4v) is 3.53. The predicted molar refractivity (Wildman–Crippen MR) is 84.2 cm³/mol. The van der Waals surface area contributed by atoms with Gasteiger partial charge in [0.05, 0.1) is 8.07 Å². The third kappa shape index (κ3) is 4.56. The van der Waals surface area contributed by atoms with E-state index in [4.69, 9.17) is 4.74 Å². The molecule has 0 radical (unpaired) electrons. The Morgan fingerprint density at radius 1 is 1.33 bits per heavy atom. The van der Waals surface area contributed by atoms with Crippen LogP contribution in [0.25, 0.3) is 0 Å². The van der Waals surface area contributed by atoms with Crippen LogP contribution in [0.5, 0.6) is 0 Å². The highest BCUT2D eigenvalue weighted by Crippen LogP contribution is 2.19. The first-order valence-corrected chi connectivity index (χ1v) is 10.7. The van der Waals surface area contributed by atoms with Crippen molar-refractivity contribution in [1.29, 1.82) is 0 Å². The molecule has 1 aliphatic heterocycles. The Labute approximate surface area is 126 Å². The van der Waals surface area contributed by atoms with Crippen molar-refractivity contribution in [2.45, 2.75) is 38.7 Å². The fraction of sp³-hybridized carbons (Fsp3) is 0.375. The maximum absolute atomic E-state index is 12.0. The second kappa shape index (κ2) is 6.26. The molecule has 1 saturated heterocycles. The number of hydrogen-bond donors (Lipinski definition) is 1. The summed E-state index contributed by atoms with van der Waals surface area (Å²) >= 11 is 0. The molecule has 1 heterocycles. The number of amides is 1. The van der Waals surface area contributed by atoms with E-state index in [0.717, 1.165) is 11.1 Å². The van der Waals surface area contributed by atoms with Gasteiger partial charge in [-0.2, -0.15) is 0 Å². The fourth-order valence-electron chi connectivity index (χ4n) is 2.23. The molecule has 21 heavy (non-hydrogen) atoms. The summed E-state index contributed by atoms with van der Waals surface area (Å²) in [4.78, 5) is 23.9. The van der Waals surface area contributed by atoms with Gasteiger partial charge in [0.1, 0.15) is 12.6 Å². The van der Waals surface area contributed by atoms with Gasteiger partial charge in [0.25, 0.3) is 0 Å². The Balaban J connectivity index is 1.93. The summed E-state index contributed by atoms with van der Waals surface area (Å²) in [6.45, 7) is 6.72. The first-order chi connectivity index (χ1) is 9.85. The van der Waals surface area contributed by atoms with Crippen LogP contribution in [-0.2, 0) is 20.9 Å². The van der Waals surface area contributed by atoms with E-state index in [2.05, 4.69) is 25.0 Å². The number of nitrogens with one attached hydrogen (secondary N) is 1. The minimum absolute atomic E-state index is 0.140. The minimum Gasteiger partial charge on any atom is -0.459 e. The summed E-state index contributed by atoms with van der Waals surface area (Å²) in [7, 11) is -1.47. The third-order valence-electron chi connectivity index (χ3n) is 3.14. The quantitative estimate of drug-likeness (QED) is 0.528. The number of rotatable bonds is 4. The summed E-state index contributed by atoms with van der Waals surface area (Å²) in [6, 6.07) is 8.96. The SMILES string of the molecule is C[Si](C)(C)/C=C1/CC(C(=O)OCc2ccccc2)NC1=O. The lowest BCUT2D eigenvalue weighted by Crippen LogP contribution is -2.34. The molecule has 1 atom stereocenters. The van der Waals surface area contributed by atoms with E-state index in [0.29, 0.717) is 6.42 Å². The zero-order valence-corrected chi connectivity index (χ0v) is 13.7. The smallest absolute Gasteiger partial charge is 0.329 e. The van der Waals surface area contributed by atoms with Crippen LogP contribution in [0.3, 0.4) is 0 Å². The molecule has 0 aromatic heterocycles. The van der Waals surface area contributed by atoms with E-state index in [9.17, 15) is 9.59 Å². The van der Waals surface area contributed by atoms with Crippen molar-refractivity contribution >= 4 is 20.0 Å². The topological polar surface area (TPSA) is 55.4 Å². The number of carbonyl (C=O) groups is 2. The first-order valence-electron chi connectivity index (χ1n) is 7.08. The van der Waals surface area contributed by atoms with Gasteiger partial charge in [-0.3, -0.25) is 4.79 Å². The molecule has 0 spiro atoms. The average molecular weight is 303 g/mol. The van der Waals surface area contributed by atoms with Gasteiger partial charge >= 0.3 is 5.97 Å².